The highest BCUT2D eigenvalue weighted by molar-refractivity contribution is 6.33. The third-order valence-electron chi connectivity index (χ3n) is 3.73. The molecular weight excluding hydrogens is 343 g/mol. The fourth-order valence-electron chi connectivity index (χ4n) is 2.30. The third kappa shape index (κ3) is 5.29. The highest BCUT2D eigenvalue weighted by Crippen LogP contribution is 2.15. The maximum Gasteiger partial charge on any atom is 0.253 e. The quantitative estimate of drug-likeness (QED) is 0.825. The van der Waals surface area contributed by atoms with Crippen molar-refractivity contribution >= 4 is 23.4 Å². The Labute approximate surface area is 151 Å². The topological polar surface area (TPSA) is 58.2 Å². The van der Waals surface area contributed by atoms with Crippen molar-refractivity contribution in [3.63, 3.8) is 0 Å². The zero-order valence-electron chi connectivity index (χ0n) is 14.1. The zero-order chi connectivity index (χ0) is 18.4. The molecule has 132 valence electrons. The summed E-state index contributed by atoms with van der Waals surface area (Å²) in [5.74, 6) is -1.15. The van der Waals surface area contributed by atoms with Crippen molar-refractivity contribution in [2.45, 2.75) is 26.4 Å². The van der Waals surface area contributed by atoms with Crippen LogP contribution in [0.3, 0.4) is 0 Å². The maximum absolute atomic E-state index is 12.9. The summed E-state index contributed by atoms with van der Waals surface area (Å²) < 4.78 is 12.9. The molecule has 0 fully saturated rings. The van der Waals surface area contributed by atoms with E-state index in [4.69, 9.17) is 11.6 Å². The van der Waals surface area contributed by atoms with Crippen molar-refractivity contribution in [2.24, 2.45) is 5.92 Å². The Balaban J connectivity index is 2.01. The molecule has 25 heavy (non-hydrogen) atoms. The number of hydrogen-bond donors (Lipinski definition) is 2. The lowest BCUT2D eigenvalue weighted by atomic mass is 10.0. The number of carbonyl (C=O) groups excluding carboxylic acids is 2. The summed E-state index contributed by atoms with van der Waals surface area (Å²) >= 11 is 6.02. The van der Waals surface area contributed by atoms with Gasteiger partial charge in [0.1, 0.15) is 11.9 Å². The van der Waals surface area contributed by atoms with E-state index in [-0.39, 0.29) is 24.2 Å². The van der Waals surface area contributed by atoms with Gasteiger partial charge in [0.15, 0.2) is 0 Å². The molecule has 2 N–H and O–H groups in total. The van der Waals surface area contributed by atoms with Crippen molar-refractivity contribution in [1.29, 1.82) is 0 Å². The van der Waals surface area contributed by atoms with Crippen LogP contribution in [0.2, 0.25) is 5.02 Å². The Morgan fingerprint density at radius 3 is 2.32 bits per heavy atom. The molecule has 2 aromatic carbocycles. The number of benzene rings is 2. The van der Waals surface area contributed by atoms with E-state index in [2.05, 4.69) is 10.6 Å². The molecule has 0 aliphatic carbocycles. The summed E-state index contributed by atoms with van der Waals surface area (Å²) in [6.07, 6.45) is 0. The van der Waals surface area contributed by atoms with Gasteiger partial charge in [0.25, 0.3) is 5.91 Å². The third-order valence-corrected chi connectivity index (χ3v) is 4.06. The minimum Gasteiger partial charge on any atom is -0.350 e. The van der Waals surface area contributed by atoms with Crippen LogP contribution in [0, 0.1) is 11.7 Å². The van der Waals surface area contributed by atoms with E-state index < -0.39 is 11.9 Å². The number of nitrogens with one attached hydrogen (secondary N) is 2. The number of carbonyl (C=O) groups is 2. The summed E-state index contributed by atoms with van der Waals surface area (Å²) in [5, 5.41) is 5.81. The number of rotatable bonds is 6. The molecule has 0 spiro atoms. The smallest absolute Gasteiger partial charge is 0.253 e. The molecule has 0 aliphatic rings. The molecule has 0 aliphatic heterocycles. The molecule has 0 saturated heterocycles. The molecule has 6 heteroatoms. The van der Waals surface area contributed by atoms with Crippen molar-refractivity contribution in [3.8, 4) is 0 Å². The van der Waals surface area contributed by atoms with Crippen LogP contribution in [-0.2, 0) is 11.3 Å². The fourth-order valence-corrected chi connectivity index (χ4v) is 2.52. The number of hydrogen-bond acceptors (Lipinski definition) is 2. The van der Waals surface area contributed by atoms with Gasteiger partial charge in [0.2, 0.25) is 5.91 Å². The first-order valence-electron chi connectivity index (χ1n) is 7.96. The highest BCUT2D eigenvalue weighted by Gasteiger charge is 2.25. The van der Waals surface area contributed by atoms with Crippen LogP contribution in [-0.4, -0.2) is 17.9 Å². The van der Waals surface area contributed by atoms with Gasteiger partial charge in [-0.2, -0.15) is 0 Å². The lowest BCUT2D eigenvalue weighted by molar-refractivity contribution is -0.124. The average Bonchev–Trinajstić information content (AvgIpc) is 2.58. The van der Waals surface area contributed by atoms with Gasteiger partial charge in [-0.25, -0.2) is 4.39 Å². The molecule has 0 bridgehead atoms. The Bertz CT molecular complexity index is 747. The summed E-state index contributed by atoms with van der Waals surface area (Å²) in [7, 11) is 0. The largest absolute Gasteiger partial charge is 0.350 e. The van der Waals surface area contributed by atoms with E-state index in [0.29, 0.717) is 10.6 Å². The van der Waals surface area contributed by atoms with Gasteiger partial charge in [-0.1, -0.05) is 49.7 Å². The highest BCUT2D eigenvalue weighted by atomic mass is 35.5. The SMILES string of the molecule is CC(C)[C@H](NC(=O)c1ccccc1Cl)C(=O)NCc1ccc(F)cc1. The Hall–Kier alpha value is -2.40. The van der Waals surface area contributed by atoms with E-state index in [1.54, 1.807) is 36.4 Å². The van der Waals surface area contributed by atoms with Gasteiger partial charge in [0.05, 0.1) is 10.6 Å². The Morgan fingerprint density at radius 1 is 1.08 bits per heavy atom. The fraction of sp³-hybridized carbons (Fsp3) is 0.263. The molecule has 0 heterocycles. The second-order valence-corrected chi connectivity index (χ2v) is 6.43. The van der Waals surface area contributed by atoms with Crippen LogP contribution in [0.15, 0.2) is 48.5 Å². The summed E-state index contributed by atoms with van der Waals surface area (Å²) in [5.41, 5.74) is 1.09. The van der Waals surface area contributed by atoms with Gasteiger partial charge in [-0.15, -0.1) is 0 Å². The second-order valence-electron chi connectivity index (χ2n) is 6.02. The van der Waals surface area contributed by atoms with Crippen LogP contribution in [0.4, 0.5) is 4.39 Å². The molecular formula is C19H20ClFN2O2. The van der Waals surface area contributed by atoms with Gasteiger partial charge in [-0.3, -0.25) is 9.59 Å². The van der Waals surface area contributed by atoms with Gasteiger partial charge in [0, 0.05) is 6.54 Å². The summed E-state index contributed by atoms with van der Waals surface area (Å²) in [6, 6.07) is 11.8. The Morgan fingerprint density at radius 2 is 1.72 bits per heavy atom. The molecule has 2 aromatic rings. The van der Waals surface area contributed by atoms with Gasteiger partial charge < -0.3 is 10.6 Å². The minimum absolute atomic E-state index is 0.111. The summed E-state index contributed by atoms with van der Waals surface area (Å²) in [4.78, 5) is 24.8. The second kappa shape index (κ2) is 8.62. The van der Waals surface area contributed by atoms with Crippen LogP contribution in [0.5, 0.6) is 0 Å². The van der Waals surface area contributed by atoms with Crippen molar-refractivity contribution in [2.75, 3.05) is 0 Å². The van der Waals surface area contributed by atoms with E-state index in [1.165, 1.54) is 12.1 Å². The molecule has 2 amide bonds. The van der Waals surface area contributed by atoms with Crippen LogP contribution >= 0.6 is 11.6 Å². The minimum atomic E-state index is -0.704. The molecule has 0 unspecified atom stereocenters. The zero-order valence-corrected chi connectivity index (χ0v) is 14.8. The standard InChI is InChI=1S/C19H20ClFN2O2/c1-12(2)17(23-18(24)15-5-3-4-6-16(15)20)19(25)22-11-13-7-9-14(21)10-8-13/h3-10,12,17H,11H2,1-2H3,(H,22,25)(H,23,24)/t17-/m0/s1. The molecule has 0 radical (unpaired) electrons. The van der Waals surface area contributed by atoms with E-state index in [1.807, 2.05) is 13.8 Å². The number of halogens is 2. The van der Waals surface area contributed by atoms with Gasteiger partial charge in [-0.05, 0) is 35.7 Å². The predicted octanol–water partition coefficient (Wildman–Crippen LogP) is 3.55. The number of amides is 2. The van der Waals surface area contributed by atoms with E-state index in [0.717, 1.165) is 5.56 Å². The van der Waals surface area contributed by atoms with Crippen LogP contribution in [0.25, 0.3) is 0 Å². The molecule has 0 aromatic heterocycles. The van der Waals surface area contributed by atoms with Gasteiger partial charge >= 0.3 is 0 Å². The lowest BCUT2D eigenvalue weighted by Crippen LogP contribution is -2.49. The normalized spacial score (nSPS) is 11.9. The van der Waals surface area contributed by atoms with Crippen molar-refractivity contribution < 1.29 is 14.0 Å². The molecule has 0 saturated carbocycles. The van der Waals surface area contributed by atoms with Crippen LogP contribution < -0.4 is 10.6 Å². The summed E-state index contributed by atoms with van der Waals surface area (Å²) in [6.45, 7) is 3.94. The lowest BCUT2D eigenvalue weighted by Gasteiger charge is -2.22. The molecule has 4 nitrogen and oxygen atoms in total. The van der Waals surface area contributed by atoms with Crippen molar-refractivity contribution in [3.05, 3.63) is 70.5 Å². The predicted molar refractivity (Wildman–Crippen MR) is 95.8 cm³/mol. The molecule has 1 atom stereocenters. The van der Waals surface area contributed by atoms with E-state index in [9.17, 15) is 14.0 Å². The van der Waals surface area contributed by atoms with Crippen LogP contribution in [0.1, 0.15) is 29.8 Å². The first kappa shape index (κ1) is 18.9. The monoisotopic (exact) mass is 362 g/mol. The molecule has 2 rings (SSSR count). The average molecular weight is 363 g/mol. The van der Waals surface area contributed by atoms with E-state index >= 15 is 0 Å². The van der Waals surface area contributed by atoms with Crippen molar-refractivity contribution in [1.82, 2.24) is 10.6 Å². The first-order valence-corrected chi connectivity index (χ1v) is 8.34. The Kier molecular flexibility index (Phi) is 6.53. The maximum atomic E-state index is 12.9. The first-order chi connectivity index (χ1) is 11.9.